The van der Waals surface area contributed by atoms with Crippen LogP contribution in [0.2, 0.25) is 5.02 Å². The molecule has 4 aromatic rings. The summed E-state index contributed by atoms with van der Waals surface area (Å²) in [5.41, 5.74) is 2.70. The van der Waals surface area contributed by atoms with E-state index in [2.05, 4.69) is 25.4 Å². The predicted molar refractivity (Wildman–Crippen MR) is 120 cm³/mol. The normalized spacial score (nSPS) is 18.3. The van der Waals surface area contributed by atoms with E-state index in [4.69, 9.17) is 11.6 Å². The van der Waals surface area contributed by atoms with Crippen LogP contribution in [0.3, 0.4) is 0 Å². The van der Waals surface area contributed by atoms with Crippen molar-refractivity contribution in [2.24, 2.45) is 0 Å². The molecule has 0 bridgehead atoms. The summed E-state index contributed by atoms with van der Waals surface area (Å²) in [5.74, 6) is 0.628. The predicted octanol–water partition coefficient (Wildman–Crippen LogP) is 4.29. The third-order valence-electron chi connectivity index (χ3n) is 5.86. The molecule has 2 N–H and O–H groups in total. The minimum Gasteiger partial charge on any atom is -0.385 e. The minimum atomic E-state index is -0.744. The highest BCUT2D eigenvalue weighted by Gasteiger charge is 2.29. The Morgan fingerprint density at radius 2 is 2.09 bits per heavy atom. The highest BCUT2D eigenvalue weighted by molar-refractivity contribution is 6.33. The summed E-state index contributed by atoms with van der Waals surface area (Å²) in [7, 11) is 0. The Morgan fingerprint density at radius 1 is 1.28 bits per heavy atom. The van der Waals surface area contributed by atoms with Crippen LogP contribution in [0.5, 0.6) is 0 Å². The molecule has 10 heteroatoms. The number of halogens is 2. The van der Waals surface area contributed by atoms with Gasteiger partial charge in [0.05, 0.1) is 34.2 Å². The Kier molecular flexibility index (Phi) is 5.10. The van der Waals surface area contributed by atoms with Crippen LogP contribution in [-0.4, -0.2) is 40.4 Å². The van der Waals surface area contributed by atoms with Gasteiger partial charge < -0.3 is 15.0 Å². The standard InChI is InChI=1S/C22H23ClFN7O/c1-11(2)31-12(3)27-20-15(24)8-13(9-18(20)31)19-14(23)10-25-22(29-19)28-16-5-7-30-17(21(16)32)4-6-26-30/h4,6,8-11,16,21,32H,5,7H2,1-3H3,(H,25,28,29)/t16-,21+/m0/s1. The molecule has 0 unspecified atom stereocenters. The van der Waals surface area contributed by atoms with E-state index >= 15 is 0 Å². The van der Waals surface area contributed by atoms with Crippen LogP contribution in [-0.2, 0) is 6.54 Å². The van der Waals surface area contributed by atoms with Gasteiger partial charge in [0.1, 0.15) is 17.4 Å². The van der Waals surface area contributed by atoms with Gasteiger partial charge in [-0.3, -0.25) is 4.68 Å². The summed E-state index contributed by atoms with van der Waals surface area (Å²) in [6.07, 6.45) is 3.07. The average Bonchev–Trinajstić information content (AvgIpc) is 3.36. The Balaban J connectivity index is 1.52. The molecule has 0 amide bonds. The summed E-state index contributed by atoms with van der Waals surface area (Å²) in [6, 6.07) is 4.88. The Labute approximate surface area is 189 Å². The lowest BCUT2D eigenvalue weighted by Crippen LogP contribution is -2.35. The molecular formula is C22H23ClFN7O. The van der Waals surface area contributed by atoms with Crippen molar-refractivity contribution < 1.29 is 9.50 Å². The summed E-state index contributed by atoms with van der Waals surface area (Å²) in [4.78, 5) is 13.2. The molecule has 5 rings (SSSR count). The highest BCUT2D eigenvalue weighted by atomic mass is 35.5. The summed E-state index contributed by atoms with van der Waals surface area (Å²) in [6.45, 7) is 6.60. The number of fused-ring (bicyclic) bond motifs is 2. The van der Waals surface area contributed by atoms with E-state index in [1.54, 1.807) is 16.9 Å². The Hall–Kier alpha value is -3.04. The fraction of sp³-hybridized carbons (Fsp3) is 0.364. The molecule has 1 aliphatic heterocycles. The monoisotopic (exact) mass is 455 g/mol. The third-order valence-corrected chi connectivity index (χ3v) is 6.14. The molecule has 0 saturated carbocycles. The molecule has 0 fully saturated rings. The SMILES string of the molecule is Cc1nc2c(F)cc(-c3nc(N[C@H]4CCn5nccc5[C@@H]4O)ncc3Cl)cc2n1C(C)C. The summed E-state index contributed by atoms with van der Waals surface area (Å²) < 4.78 is 18.7. The van der Waals surface area contributed by atoms with Crippen LogP contribution in [0.25, 0.3) is 22.3 Å². The van der Waals surface area contributed by atoms with E-state index in [0.29, 0.717) is 46.2 Å². The van der Waals surface area contributed by atoms with Gasteiger partial charge in [-0.2, -0.15) is 5.10 Å². The lowest BCUT2D eigenvalue weighted by atomic mass is 10.0. The number of hydrogen-bond donors (Lipinski definition) is 2. The van der Waals surface area contributed by atoms with Gasteiger partial charge in [-0.15, -0.1) is 0 Å². The zero-order chi connectivity index (χ0) is 22.6. The quantitative estimate of drug-likeness (QED) is 0.476. The van der Waals surface area contributed by atoms with Gasteiger partial charge in [0.25, 0.3) is 0 Å². The third kappa shape index (κ3) is 3.41. The number of imidazole rings is 1. The number of anilines is 1. The molecule has 166 valence electrons. The average molecular weight is 456 g/mol. The van der Waals surface area contributed by atoms with Crippen LogP contribution >= 0.6 is 11.6 Å². The van der Waals surface area contributed by atoms with E-state index in [1.165, 1.54) is 12.3 Å². The molecule has 0 radical (unpaired) electrons. The van der Waals surface area contributed by atoms with Crippen molar-refractivity contribution in [3.63, 3.8) is 0 Å². The van der Waals surface area contributed by atoms with Crippen LogP contribution in [0.15, 0.2) is 30.6 Å². The fourth-order valence-electron chi connectivity index (χ4n) is 4.42. The molecule has 3 aromatic heterocycles. The zero-order valence-electron chi connectivity index (χ0n) is 17.9. The van der Waals surface area contributed by atoms with Crippen molar-refractivity contribution >= 4 is 28.6 Å². The molecule has 0 spiro atoms. The number of nitrogens with one attached hydrogen (secondary N) is 1. The van der Waals surface area contributed by atoms with Crippen LogP contribution in [0.4, 0.5) is 10.3 Å². The van der Waals surface area contributed by atoms with Gasteiger partial charge in [0.2, 0.25) is 5.95 Å². The number of rotatable bonds is 4. The molecule has 4 heterocycles. The number of aryl methyl sites for hydroxylation is 2. The van der Waals surface area contributed by atoms with E-state index in [0.717, 1.165) is 11.5 Å². The van der Waals surface area contributed by atoms with Gasteiger partial charge in [0.15, 0.2) is 5.82 Å². The second kappa shape index (κ2) is 7.83. The number of nitrogens with zero attached hydrogens (tertiary/aromatic N) is 6. The maximum absolute atomic E-state index is 14.9. The Morgan fingerprint density at radius 3 is 2.88 bits per heavy atom. The highest BCUT2D eigenvalue weighted by Crippen LogP contribution is 2.33. The van der Waals surface area contributed by atoms with Gasteiger partial charge in [0, 0.05) is 24.3 Å². The lowest BCUT2D eigenvalue weighted by Gasteiger charge is -2.29. The topological polar surface area (TPSA) is 93.7 Å². The number of aromatic nitrogens is 6. The van der Waals surface area contributed by atoms with Crippen molar-refractivity contribution in [3.05, 3.63) is 53.0 Å². The maximum atomic E-state index is 14.9. The first kappa shape index (κ1) is 20.8. The lowest BCUT2D eigenvalue weighted by molar-refractivity contribution is 0.120. The van der Waals surface area contributed by atoms with Crippen molar-refractivity contribution in [2.45, 2.75) is 51.9 Å². The largest absolute Gasteiger partial charge is 0.385 e. The first-order valence-corrected chi connectivity index (χ1v) is 10.9. The van der Waals surface area contributed by atoms with Gasteiger partial charge in [-0.25, -0.2) is 19.3 Å². The number of aliphatic hydroxyl groups is 1. The van der Waals surface area contributed by atoms with E-state index in [9.17, 15) is 9.50 Å². The number of benzene rings is 1. The summed E-state index contributed by atoms with van der Waals surface area (Å²) in [5, 5.41) is 18.4. The first-order chi connectivity index (χ1) is 15.3. The minimum absolute atomic E-state index is 0.119. The summed E-state index contributed by atoms with van der Waals surface area (Å²) >= 11 is 6.41. The smallest absolute Gasteiger partial charge is 0.223 e. The second-order valence-corrected chi connectivity index (χ2v) is 8.71. The fourth-order valence-corrected chi connectivity index (χ4v) is 4.62. The van der Waals surface area contributed by atoms with Gasteiger partial charge in [-0.05, 0) is 45.4 Å². The second-order valence-electron chi connectivity index (χ2n) is 8.30. The van der Waals surface area contributed by atoms with E-state index in [1.807, 2.05) is 31.4 Å². The van der Waals surface area contributed by atoms with Crippen LogP contribution in [0.1, 0.15) is 43.9 Å². The molecule has 0 saturated heterocycles. The van der Waals surface area contributed by atoms with Crippen LogP contribution in [0, 0.1) is 12.7 Å². The van der Waals surface area contributed by atoms with Gasteiger partial charge >= 0.3 is 0 Å². The number of aliphatic hydroxyl groups excluding tert-OH is 1. The molecular weight excluding hydrogens is 433 g/mol. The van der Waals surface area contributed by atoms with Gasteiger partial charge in [-0.1, -0.05) is 11.6 Å². The number of hydrogen-bond acceptors (Lipinski definition) is 6. The van der Waals surface area contributed by atoms with Crippen molar-refractivity contribution in [1.82, 2.24) is 29.3 Å². The van der Waals surface area contributed by atoms with Crippen molar-refractivity contribution in [1.29, 1.82) is 0 Å². The molecule has 32 heavy (non-hydrogen) atoms. The molecule has 1 aliphatic rings. The van der Waals surface area contributed by atoms with E-state index in [-0.39, 0.29) is 12.1 Å². The molecule has 8 nitrogen and oxygen atoms in total. The van der Waals surface area contributed by atoms with Crippen molar-refractivity contribution in [2.75, 3.05) is 5.32 Å². The molecule has 2 atom stereocenters. The molecule has 0 aliphatic carbocycles. The maximum Gasteiger partial charge on any atom is 0.223 e. The van der Waals surface area contributed by atoms with Crippen molar-refractivity contribution in [3.8, 4) is 11.3 Å². The van der Waals surface area contributed by atoms with Crippen LogP contribution < -0.4 is 5.32 Å². The zero-order valence-corrected chi connectivity index (χ0v) is 18.7. The Bertz CT molecular complexity index is 1320. The van der Waals surface area contributed by atoms with E-state index < -0.39 is 11.9 Å². The molecule has 1 aromatic carbocycles. The first-order valence-electron chi connectivity index (χ1n) is 10.5.